The molecule has 0 heterocycles. The highest BCUT2D eigenvalue weighted by Crippen LogP contribution is 2.37. The van der Waals surface area contributed by atoms with Crippen molar-refractivity contribution in [3.63, 3.8) is 0 Å². The van der Waals surface area contributed by atoms with Crippen molar-refractivity contribution in [2.45, 2.75) is 33.6 Å². The molecule has 0 aromatic heterocycles. The van der Waals surface area contributed by atoms with Gasteiger partial charge >= 0.3 is 0 Å². The van der Waals surface area contributed by atoms with Crippen LogP contribution in [0.25, 0.3) is 0 Å². The number of carbonyl (C=O) groups is 2. The van der Waals surface area contributed by atoms with Crippen molar-refractivity contribution in [3.05, 3.63) is 116 Å². The first-order valence-electron chi connectivity index (χ1n) is 12.2. The molecule has 0 spiro atoms. The minimum absolute atomic E-state index is 0.0266. The SMILES string of the molecule is CCC(=O)c1ccc(Cc2cccc(Nc3ccccc3C(=O)S)c2C)cc1Nc1c(Cl)ccc(C)c1Cl. The lowest BCUT2D eigenvalue weighted by atomic mass is 9.96. The number of nitrogens with one attached hydrogen (secondary N) is 2. The van der Waals surface area contributed by atoms with Crippen LogP contribution < -0.4 is 10.6 Å². The Morgan fingerprint density at radius 1 is 0.816 bits per heavy atom. The Balaban J connectivity index is 1.68. The second-order valence-corrected chi connectivity index (χ2v) is 10.3. The lowest BCUT2D eigenvalue weighted by Gasteiger charge is -2.18. The molecule has 4 nitrogen and oxygen atoms in total. The maximum absolute atomic E-state index is 12.7. The van der Waals surface area contributed by atoms with Gasteiger partial charge in [-0.15, -0.1) is 12.6 Å². The molecule has 0 bridgehead atoms. The molecule has 0 saturated heterocycles. The summed E-state index contributed by atoms with van der Waals surface area (Å²) in [6.07, 6.45) is 1.02. The summed E-state index contributed by atoms with van der Waals surface area (Å²) in [5, 5.41) is 7.42. The first-order valence-corrected chi connectivity index (χ1v) is 13.5. The van der Waals surface area contributed by atoms with Gasteiger partial charge in [0.15, 0.2) is 5.78 Å². The Morgan fingerprint density at radius 3 is 2.29 bits per heavy atom. The topological polar surface area (TPSA) is 58.2 Å². The molecule has 7 heteroatoms. The quantitative estimate of drug-likeness (QED) is 0.140. The summed E-state index contributed by atoms with van der Waals surface area (Å²) in [5.41, 5.74) is 8.02. The highest BCUT2D eigenvalue weighted by molar-refractivity contribution is 7.97. The second-order valence-electron chi connectivity index (χ2n) is 9.08. The summed E-state index contributed by atoms with van der Waals surface area (Å²) in [6, 6.07) is 22.8. The average molecular weight is 564 g/mol. The van der Waals surface area contributed by atoms with Crippen LogP contribution in [0.1, 0.15) is 56.3 Å². The van der Waals surface area contributed by atoms with E-state index in [1.54, 1.807) is 12.1 Å². The van der Waals surface area contributed by atoms with E-state index in [1.165, 1.54) is 0 Å². The molecule has 0 aliphatic rings. The Labute approximate surface area is 238 Å². The molecule has 4 aromatic rings. The minimum atomic E-state index is -0.294. The van der Waals surface area contributed by atoms with Crippen molar-refractivity contribution < 1.29 is 9.59 Å². The number of aryl methyl sites for hydroxylation is 1. The summed E-state index contributed by atoms with van der Waals surface area (Å²) in [5.74, 6) is 0.0266. The van der Waals surface area contributed by atoms with E-state index in [9.17, 15) is 9.59 Å². The van der Waals surface area contributed by atoms with Gasteiger partial charge in [0.05, 0.1) is 27.0 Å². The Bertz CT molecular complexity index is 1530. The van der Waals surface area contributed by atoms with Gasteiger partial charge < -0.3 is 10.6 Å². The van der Waals surface area contributed by atoms with Crippen LogP contribution in [0.15, 0.2) is 72.8 Å². The third kappa shape index (κ3) is 6.07. The van der Waals surface area contributed by atoms with Gasteiger partial charge in [0.2, 0.25) is 5.12 Å². The summed E-state index contributed by atoms with van der Waals surface area (Å²) >= 11 is 17.0. The number of ketones is 1. The molecule has 4 rings (SSSR count). The summed E-state index contributed by atoms with van der Waals surface area (Å²) in [6.45, 7) is 5.80. The molecule has 4 aromatic carbocycles. The fourth-order valence-corrected chi connectivity index (χ4v) is 4.96. The molecule has 194 valence electrons. The number of anilines is 4. The van der Waals surface area contributed by atoms with Gasteiger partial charge in [0.25, 0.3) is 0 Å². The molecule has 38 heavy (non-hydrogen) atoms. The zero-order valence-corrected chi connectivity index (χ0v) is 23.8. The summed E-state index contributed by atoms with van der Waals surface area (Å²) in [4.78, 5) is 24.7. The van der Waals surface area contributed by atoms with Crippen molar-refractivity contribution in [1.82, 2.24) is 0 Å². The number of benzene rings is 4. The first kappa shape index (κ1) is 27.8. The monoisotopic (exact) mass is 562 g/mol. The third-order valence-electron chi connectivity index (χ3n) is 6.52. The smallest absolute Gasteiger partial charge is 0.218 e. The second kappa shape index (κ2) is 12.1. The fourth-order valence-electron chi connectivity index (χ4n) is 4.30. The molecule has 0 saturated carbocycles. The molecule has 0 aliphatic heterocycles. The van der Waals surface area contributed by atoms with Crippen molar-refractivity contribution in [2.24, 2.45) is 0 Å². The largest absolute Gasteiger partial charge is 0.355 e. The van der Waals surface area contributed by atoms with Gasteiger partial charge in [-0.1, -0.05) is 66.5 Å². The number of halogens is 2. The van der Waals surface area contributed by atoms with Gasteiger partial charge in [-0.3, -0.25) is 9.59 Å². The molecular weight excluding hydrogens is 535 g/mol. The zero-order chi connectivity index (χ0) is 27.4. The van der Waals surface area contributed by atoms with Crippen LogP contribution in [0.3, 0.4) is 0 Å². The summed E-state index contributed by atoms with van der Waals surface area (Å²) in [7, 11) is 0. The molecule has 0 aliphatic carbocycles. The number of hydrogen-bond donors (Lipinski definition) is 3. The van der Waals surface area contributed by atoms with Gasteiger partial charge in [0, 0.05) is 23.4 Å². The minimum Gasteiger partial charge on any atom is -0.355 e. The van der Waals surface area contributed by atoms with Crippen LogP contribution in [0.2, 0.25) is 10.0 Å². The van der Waals surface area contributed by atoms with Crippen molar-refractivity contribution in [3.8, 4) is 0 Å². The van der Waals surface area contributed by atoms with Crippen LogP contribution in [0.5, 0.6) is 0 Å². The van der Waals surface area contributed by atoms with E-state index >= 15 is 0 Å². The Kier molecular flexibility index (Phi) is 8.83. The number of rotatable bonds is 9. The number of Topliss-reactive ketones (excluding diaryl/α,β-unsaturated/α-hetero) is 1. The van der Waals surface area contributed by atoms with Gasteiger partial charge in [-0.05, 0) is 78.9 Å². The number of hydrogen-bond acceptors (Lipinski definition) is 4. The lowest BCUT2D eigenvalue weighted by molar-refractivity contribution is 0.0988. The van der Waals surface area contributed by atoms with Crippen molar-refractivity contribution in [1.29, 1.82) is 0 Å². The van der Waals surface area contributed by atoms with Gasteiger partial charge in [-0.25, -0.2) is 0 Å². The first-order chi connectivity index (χ1) is 18.2. The Morgan fingerprint density at radius 2 is 1.55 bits per heavy atom. The highest BCUT2D eigenvalue weighted by Gasteiger charge is 2.16. The van der Waals surface area contributed by atoms with E-state index < -0.39 is 0 Å². The van der Waals surface area contributed by atoms with Gasteiger partial charge in [-0.2, -0.15) is 0 Å². The maximum atomic E-state index is 12.7. The Hall–Kier alpha value is -3.25. The number of carbonyl (C=O) groups excluding carboxylic acids is 2. The molecule has 2 N–H and O–H groups in total. The predicted octanol–water partition coefficient (Wildman–Crippen LogP) is 9.35. The highest BCUT2D eigenvalue weighted by atomic mass is 35.5. The van der Waals surface area contributed by atoms with E-state index in [-0.39, 0.29) is 10.9 Å². The van der Waals surface area contributed by atoms with Crippen LogP contribution in [-0.2, 0) is 6.42 Å². The zero-order valence-electron chi connectivity index (χ0n) is 21.4. The molecular formula is C31H28Cl2N2O2S. The summed E-state index contributed by atoms with van der Waals surface area (Å²) < 4.78 is 0. The van der Waals surface area contributed by atoms with E-state index in [1.807, 2.05) is 75.4 Å². The van der Waals surface area contributed by atoms with Crippen molar-refractivity contribution in [2.75, 3.05) is 10.6 Å². The standard InChI is InChI=1S/C31H28Cl2N2O2S/c1-4-28(36)22-14-13-20(17-27(22)35-30-24(32)15-12-18(2)29(30)33)16-21-8-7-11-25(19(21)3)34-26-10-6-5-9-23(26)31(37)38/h5-15,17,34-35H,4,16H2,1-3H3,(H,37,38). The number of para-hydroxylation sites is 1. The average Bonchev–Trinajstić information content (AvgIpc) is 2.91. The third-order valence-corrected chi connectivity index (χ3v) is 7.56. The predicted molar refractivity (Wildman–Crippen MR) is 163 cm³/mol. The van der Waals surface area contributed by atoms with E-state index in [0.717, 1.165) is 27.9 Å². The van der Waals surface area contributed by atoms with Gasteiger partial charge in [0.1, 0.15) is 0 Å². The molecule has 0 unspecified atom stereocenters. The van der Waals surface area contributed by atoms with E-state index in [2.05, 4.69) is 29.3 Å². The normalized spacial score (nSPS) is 10.8. The molecule has 0 fully saturated rings. The van der Waals surface area contributed by atoms with E-state index in [4.69, 9.17) is 23.2 Å². The van der Waals surface area contributed by atoms with Crippen LogP contribution >= 0.6 is 35.8 Å². The molecule has 0 amide bonds. The van der Waals surface area contributed by atoms with Crippen LogP contribution in [-0.4, -0.2) is 10.9 Å². The molecule has 0 atom stereocenters. The maximum Gasteiger partial charge on any atom is 0.218 e. The van der Waals surface area contributed by atoms with Crippen LogP contribution in [0, 0.1) is 13.8 Å². The lowest BCUT2D eigenvalue weighted by Crippen LogP contribution is -2.05. The van der Waals surface area contributed by atoms with E-state index in [0.29, 0.717) is 51.1 Å². The van der Waals surface area contributed by atoms with Crippen molar-refractivity contribution >= 4 is 69.5 Å². The van der Waals surface area contributed by atoms with Crippen LogP contribution in [0.4, 0.5) is 22.7 Å². The number of thiol groups is 1. The molecule has 0 radical (unpaired) electrons. The fraction of sp³-hybridized carbons (Fsp3) is 0.161.